The van der Waals surface area contributed by atoms with Gasteiger partial charge in [0.05, 0.1) is 17.3 Å². The van der Waals surface area contributed by atoms with Crippen molar-refractivity contribution in [3.8, 4) is 5.75 Å². The van der Waals surface area contributed by atoms with Crippen molar-refractivity contribution in [3.05, 3.63) is 95.6 Å². The van der Waals surface area contributed by atoms with Crippen LogP contribution in [0.25, 0.3) is 0 Å². The molecule has 0 saturated carbocycles. The van der Waals surface area contributed by atoms with E-state index in [0.717, 1.165) is 5.56 Å². The van der Waals surface area contributed by atoms with Crippen molar-refractivity contribution in [1.29, 1.82) is 0 Å². The smallest absolute Gasteiger partial charge is 0.343 e. The van der Waals surface area contributed by atoms with E-state index in [1.54, 1.807) is 72.8 Å². The molecule has 0 bridgehead atoms. The SMILES string of the molecule is Nc1ccccc1C(=O)N/N=C\c1ccc(OC(=O)c2ccccc2)cc1. The summed E-state index contributed by atoms with van der Waals surface area (Å²) in [5.41, 5.74) is 10.1. The minimum Gasteiger partial charge on any atom is -0.423 e. The Balaban J connectivity index is 1.57. The third kappa shape index (κ3) is 4.79. The zero-order valence-corrected chi connectivity index (χ0v) is 14.3. The van der Waals surface area contributed by atoms with E-state index in [2.05, 4.69) is 10.5 Å². The number of nitrogens with two attached hydrogens (primary N) is 1. The van der Waals surface area contributed by atoms with E-state index in [-0.39, 0.29) is 0 Å². The first-order valence-electron chi connectivity index (χ1n) is 8.19. The number of hydrogen-bond acceptors (Lipinski definition) is 5. The number of hydrazone groups is 1. The van der Waals surface area contributed by atoms with Crippen LogP contribution in [0.3, 0.4) is 0 Å². The molecule has 0 fully saturated rings. The predicted octanol–water partition coefficient (Wildman–Crippen LogP) is 3.25. The number of para-hydroxylation sites is 1. The minimum atomic E-state index is -0.426. The highest BCUT2D eigenvalue weighted by Crippen LogP contribution is 2.14. The Morgan fingerprint density at radius 3 is 2.26 bits per heavy atom. The molecular weight excluding hydrogens is 342 g/mol. The van der Waals surface area contributed by atoms with Gasteiger partial charge in [0, 0.05) is 5.69 Å². The Kier molecular flexibility index (Phi) is 5.59. The highest BCUT2D eigenvalue weighted by atomic mass is 16.5. The van der Waals surface area contributed by atoms with Gasteiger partial charge in [-0.25, -0.2) is 10.2 Å². The van der Waals surface area contributed by atoms with Crippen LogP contribution in [-0.2, 0) is 0 Å². The quantitative estimate of drug-likeness (QED) is 0.240. The molecule has 0 unspecified atom stereocenters. The summed E-state index contributed by atoms with van der Waals surface area (Å²) >= 11 is 0. The summed E-state index contributed by atoms with van der Waals surface area (Å²) in [6, 6.07) is 22.2. The van der Waals surface area contributed by atoms with Crippen molar-refractivity contribution in [1.82, 2.24) is 5.43 Å². The van der Waals surface area contributed by atoms with E-state index in [1.165, 1.54) is 6.21 Å². The largest absolute Gasteiger partial charge is 0.423 e. The van der Waals surface area contributed by atoms with Crippen molar-refractivity contribution in [2.24, 2.45) is 5.10 Å². The molecule has 134 valence electrons. The number of nitrogens with one attached hydrogen (secondary N) is 1. The van der Waals surface area contributed by atoms with Crippen LogP contribution >= 0.6 is 0 Å². The van der Waals surface area contributed by atoms with Crippen molar-refractivity contribution in [2.75, 3.05) is 5.73 Å². The number of carbonyl (C=O) groups is 2. The Morgan fingerprint density at radius 2 is 1.56 bits per heavy atom. The van der Waals surface area contributed by atoms with Crippen LogP contribution in [0, 0.1) is 0 Å². The van der Waals surface area contributed by atoms with Crippen molar-refractivity contribution >= 4 is 23.8 Å². The van der Waals surface area contributed by atoms with E-state index in [0.29, 0.717) is 22.6 Å². The summed E-state index contributed by atoms with van der Waals surface area (Å²) in [6.07, 6.45) is 1.49. The average Bonchev–Trinajstić information content (AvgIpc) is 2.70. The maximum absolute atomic E-state index is 12.0. The highest BCUT2D eigenvalue weighted by molar-refractivity contribution is 5.99. The fraction of sp³-hybridized carbons (Fsp3) is 0. The Hall–Kier alpha value is -3.93. The standard InChI is InChI=1S/C21H17N3O3/c22-19-9-5-4-8-18(19)20(25)24-23-14-15-10-12-17(13-11-15)27-21(26)16-6-2-1-3-7-16/h1-14H,22H2,(H,24,25)/b23-14-. The third-order valence-electron chi connectivity index (χ3n) is 3.69. The number of carbonyl (C=O) groups excluding carboxylic acids is 2. The molecule has 27 heavy (non-hydrogen) atoms. The van der Waals surface area contributed by atoms with Gasteiger partial charge in [-0.2, -0.15) is 5.10 Å². The summed E-state index contributed by atoms with van der Waals surface area (Å²) in [4.78, 5) is 24.0. The number of benzene rings is 3. The van der Waals surface area contributed by atoms with Gasteiger partial charge < -0.3 is 10.5 Å². The van der Waals surface area contributed by atoms with Gasteiger partial charge in [-0.15, -0.1) is 0 Å². The van der Waals surface area contributed by atoms with Gasteiger partial charge in [-0.1, -0.05) is 30.3 Å². The van der Waals surface area contributed by atoms with E-state index < -0.39 is 11.9 Å². The topological polar surface area (TPSA) is 93.8 Å². The Bertz CT molecular complexity index is 967. The zero-order valence-electron chi connectivity index (χ0n) is 14.3. The van der Waals surface area contributed by atoms with Crippen LogP contribution in [0.4, 0.5) is 5.69 Å². The molecule has 0 heterocycles. The van der Waals surface area contributed by atoms with Crippen molar-refractivity contribution < 1.29 is 14.3 Å². The first kappa shape index (κ1) is 17.9. The molecule has 3 aromatic rings. The molecule has 3 rings (SSSR count). The average molecular weight is 359 g/mol. The normalized spacial score (nSPS) is 10.5. The number of hydrogen-bond donors (Lipinski definition) is 2. The van der Waals surface area contributed by atoms with E-state index in [4.69, 9.17) is 10.5 Å². The molecule has 0 atom stereocenters. The maximum Gasteiger partial charge on any atom is 0.343 e. The number of ether oxygens (including phenoxy) is 1. The molecule has 3 N–H and O–H groups in total. The van der Waals surface area contributed by atoms with Gasteiger partial charge in [-0.05, 0) is 54.1 Å². The number of nitrogens with zero attached hydrogens (tertiary/aromatic N) is 1. The summed E-state index contributed by atoms with van der Waals surface area (Å²) in [5, 5.41) is 3.91. The molecule has 1 amide bonds. The molecule has 0 aliphatic rings. The maximum atomic E-state index is 12.0. The molecule has 0 aliphatic carbocycles. The molecule has 0 aliphatic heterocycles. The summed E-state index contributed by atoms with van der Waals surface area (Å²) in [6.45, 7) is 0. The number of rotatable bonds is 5. The fourth-order valence-electron chi connectivity index (χ4n) is 2.29. The van der Waals surface area contributed by atoms with Crippen LogP contribution in [0.1, 0.15) is 26.3 Å². The van der Waals surface area contributed by atoms with E-state index >= 15 is 0 Å². The second kappa shape index (κ2) is 8.44. The molecule has 0 spiro atoms. The third-order valence-corrected chi connectivity index (χ3v) is 3.69. The van der Waals surface area contributed by atoms with Crippen LogP contribution in [-0.4, -0.2) is 18.1 Å². The van der Waals surface area contributed by atoms with Gasteiger partial charge in [0.15, 0.2) is 0 Å². The highest BCUT2D eigenvalue weighted by Gasteiger charge is 2.08. The van der Waals surface area contributed by atoms with E-state index in [1.807, 2.05) is 6.07 Å². The van der Waals surface area contributed by atoms with Crippen LogP contribution in [0.2, 0.25) is 0 Å². The lowest BCUT2D eigenvalue weighted by Crippen LogP contribution is -2.18. The van der Waals surface area contributed by atoms with Crippen LogP contribution in [0.15, 0.2) is 84.0 Å². The lowest BCUT2D eigenvalue weighted by atomic mass is 10.2. The lowest BCUT2D eigenvalue weighted by Gasteiger charge is -2.04. The minimum absolute atomic E-state index is 0.359. The predicted molar refractivity (Wildman–Crippen MR) is 104 cm³/mol. The molecule has 0 radical (unpaired) electrons. The van der Waals surface area contributed by atoms with Gasteiger partial charge in [-0.3, -0.25) is 4.79 Å². The zero-order chi connectivity index (χ0) is 19.1. The molecule has 0 aromatic heterocycles. The van der Waals surface area contributed by atoms with Crippen LogP contribution in [0.5, 0.6) is 5.75 Å². The lowest BCUT2D eigenvalue weighted by molar-refractivity contribution is 0.0734. The second-order valence-corrected chi connectivity index (χ2v) is 5.61. The number of esters is 1. The first-order valence-corrected chi connectivity index (χ1v) is 8.19. The number of nitrogen functional groups attached to an aromatic ring is 1. The Labute approximate surface area is 156 Å². The van der Waals surface area contributed by atoms with Crippen molar-refractivity contribution in [2.45, 2.75) is 0 Å². The van der Waals surface area contributed by atoms with Gasteiger partial charge in [0.1, 0.15) is 5.75 Å². The Morgan fingerprint density at radius 1 is 0.889 bits per heavy atom. The number of anilines is 1. The molecule has 6 nitrogen and oxygen atoms in total. The fourth-order valence-corrected chi connectivity index (χ4v) is 2.29. The second-order valence-electron chi connectivity index (χ2n) is 5.61. The molecular formula is C21H17N3O3. The summed E-state index contributed by atoms with van der Waals surface area (Å²) in [5.74, 6) is -0.399. The molecule has 3 aromatic carbocycles. The van der Waals surface area contributed by atoms with E-state index in [9.17, 15) is 9.59 Å². The monoisotopic (exact) mass is 359 g/mol. The van der Waals surface area contributed by atoms with Crippen LogP contribution < -0.4 is 15.9 Å². The molecule has 0 saturated heterocycles. The molecule has 6 heteroatoms. The summed E-state index contributed by atoms with van der Waals surface area (Å²) < 4.78 is 5.30. The first-order chi connectivity index (χ1) is 13.1. The van der Waals surface area contributed by atoms with Crippen molar-refractivity contribution in [3.63, 3.8) is 0 Å². The van der Waals surface area contributed by atoms with Gasteiger partial charge in [0.2, 0.25) is 0 Å². The summed E-state index contributed by atoms with van der Waals surface area (Å²) in [7, 11) is 0. The number of amides is 1. The van der Waals surface area contributed by atoms with Gasteiger partial charge in [0.25, 0.3) is 5.91 Å². The van der Waals surface area contributed by atoms with Gasteiger partial charge >= 0.3 is 5.97 Å².